The Morgan fingerprint density at radius 2 is 1.83 bits per heavy atom. The second-order valence-corrected chi connectivity index (χ2v) is 10.2. The first kappa shape index (κ1) is 18.4. The smallest absolute Gasteiger partial charge is 0.258 e. The zero-order chi connectivity index (χ0) is 20.0. The highest BCUT2D eigenvalue weighted by molar-refractivity contribution is 8.13. The molecule has 1 fully saturated rings. The van der Waals surface area contributed by atoms with E-state index in [1.165, 1.54) is 11.8 Å². The number of nitrogens with one attached hydrogen (secondary N) is 1. The number of anilines is 1. The van der Waals surface area contributed by atoms with Crippen molar-refractivity contribution in [2.24, 2.45) is 4.99 Å². The highest BCUT2D eigenvalue weighted by atomic mass is 32.2. The van der Waals surface area contributed by atoms with Crippen LogP contribution in [-0.4, -0.2) is 47.1 Å². The number of thioether (sulfide) groups is 1. The molecular weight excluding hydrogens is 408 g/mol. The maximum absolute atomic E-state index is 12.3. The van der Waals surface area contributed by atoms with Gasteiger partial charge in [-0.25, -0.2) is 13.4 Å². The summed E-state index contributed by atoms with van der Waals surface area (Å²) in [5, 5.41) is 1.32. The van der Waals surface area contributed by atoms with E-state index in [-0.39, 0.29) is 29.1 Å². The molecule has 9 heteroatoms. The lowest BCUT2D eigenvalue weighted by atomic mass is 10.1. The number of sulfone groups is 1. The summed E-state index contributed by atoms with van der Waals surface area (Å²) >= 11 is 1.46. The lowest BCUT2D eigenvalue weighted by Gasteiger charge is -2.26. The molecule has 2 aliphatic heterocycles. The van der Waals surface area contributed by atoms with Crippen LogP contribution in [0.2, 0.25) is 0 Å². The molecule has 7 nitrogen and oxygen atoms in total. The molecule has 5 rings (SSSR count). The molecule has 0 unspecified atom stereocenters. The molecule has 29 heavy (non-hydrogen) atoms. The van der Waals surface area contributed by atoms with E-state index in [4.69, 9.17) is 4.99 Å². The Morgan fingerprint density at radius 3 is 2.66 bits per heavy atom. The number of hydrogen-bond donors (Lipinski definition) is 1. The molecule has 0 spiro atoms. The van der Waals surface area contributed by atoms with Crippen LogP contribution in [0.25, 0.3) is 10.9 Å². The molecule has 2 aromatic carbocycles. The Labute approximate surface area is 171 Å². The van der Waals surface area contributed by atoms with E-state index in [9.17, 15) is 13.2 Å². The van der Waals surface area contributed by atoms with Gasteiger partial charge in [-0.15, -0.1) is 0 Å². The van der Waals surface area contributed by atoms with E-state index in [1.807, 2.05) is 53.4 Å². The van der Waals surface area contributed by atoms with Crippen molar-refractivity contribution in [3.05, 3.63) is 70.8 Å². The number of nitrogens with zero attached hydrogens (tertiary/aromatic N) is 3. The predicted molar refractivity (Wildman–Crippen MR) is 116 cm³/mol. The summed E-state index contributed by atoms with van der Waals surface area (Å²) in [5.41, 5.74) is 1.41. The van der Waals surface area contributed by atoms with Gasteiger partial charge in [0.05, 0.1) is 40.2 Å². The third kappa shape index (κ3) is 3.44. The Kier molecular flexibility index (Phi) is 4.44. The minimum Gasteiger partial charge on any atom is -0.315 e. The van der Waals surface area contributed by atoms with Crippen LogP contribution in [0.5, 0.6) is 0 Å². The number of aromatic amines is 1. The largest absolute Gasteiger partial charge is 0.315 e. The van der Waals surface area contributed by atoms with Gasteiger partial charge in [-0.05, 0) is 24.3 Å². The second-order valence-electron chi connectivity index (χ2n) is 7.15. The lowest BCUT2D eigenvalue weighted by molar-refractivity contribution is 0.601. The highest BCUT2D eigenvalue weighted by Crippen LogP contribution is 2.35. The summed E-state index contributed by atoms with van der Waals surface area (Å²) in [6.45, 7) is 0. The third-order valence-electron chi connectivity index (χ3n) is 5.14. The van der Waals surface area contributed by atoms with Gasteiger partial charge >= 0.3 is 0 Å². The van der Waals surface area contributed by atoms with E-state index in [2.05, 4.69) is 9.97 Å². The van der Waals surface area contributed by atoms with Gasteiger partial charge in [0.25, 0.3) is 5.56 Å². The van der Waals surface area contributed by atoms with Gasteiger partial charge in [0.15, 0.2) is 15.0 Å². The molecule has 0 radical (unpaired) electrons. The molecule has 1 aromatic heterocycles. The number of hydrogen-bond acceptors (Lipinski definition) is 7. The molecule has 0 aliphatic carbocycles. The van der Waals surface area contributed by atoms with Crippen LogP contribution in [-0.2, 0) is 15.6 Å². The number of H-pyrrole nitrogens is 1. The molecule has 3 heterocycles. The quantitative estimate of drug-likeness (QED) is 0.690. The van der Waals surface area contributed by atoms with Crippen molar-refractivity contribution in [1.82, 2.24) is 9.97 Å². The zero-order valence-electron chi connectivity index (χ0n) is 15.4. The zero-order valence-corrected chi connectivity index (χ0v) is 17.0. The minimum atomic E-state index is -3.08. The molecule has 2 atom stereocenters. The van der Waals surface area contributed by atoms with Crippen molar-refractivity contribution >= 4 is 43.4 Å². The fraction of sp³-hybridized carbons (Fsp3) is 0.250. The summed E-state index contributed by atoms with van der Waals surface area (Å²) in [6.07, 6.45) is 0. The molecule has 1 N–H and O–H groups in total. The van der Waals surface area contributed by atoms with E-state index in [1.54, 1.807) is 6.07 Å². The van der Waals surface area contributed by atoms with Crippen molar-refractivity contribution in [1.29, 1.82) is 0 Å². The molecule has 3 aromatic rings. The van der Waals surface area contributed by atoms with E-state index in [0.29, 0.717) is 22.5 Å². The normalized spacial score (nSPS) is 22.6. The van der Waals surface area contributed by atoms with Crippen molar-refractivity contribution in [2.75, 3.05) is 16.4 Å². The molecule has 148 valence electrons. The van der Waals surface area contributed by atoms with Crippen LogP contribution in [0.1, 0.15) is 5.82 Å². The second kappa shape index (κ2) is 7.00. The fourth-order valence-electron chi connectivity index (χ4n) is 3.86. The van der Waals surface area contributed by atoms with E-state index < -0.39 is 9.84 Å². The SMILES string of the molecule is O=c1[nH]c(CSC2=N[C@H]3CS(=O)(=O)C[C@@H]3N2c2ccccc2)nc2ccccc12. The van der Waals surface area contributed by atoms with Crippen LogP contribution in [0.3, 0.4) is 0 Å². The van der Waals surface area contributed by atoms with Gasteiger partial charge in [0, 0.05) is 5.69 Å². The van der Waals surface area contributed by atoms with Gasteiger partial charge in [-0.2, -0.15) is 0 Å². The molecule has 1 saturated heterocycles. The third-order valence-corrected chi connectivity index (χ3v) is 7.82. The summed E-state index contributed by atoms with van der Waals surface area (Å²) < 4.78 is 24.2. The van der Waals surface area contributed by atoms with Crippen LogP contribution in [0, 0.1) is 0 Å². The molecule has 2 aliphatic rings. The Hall–Kier alpha value is -2.65. The minimum absolute atomic E-state index is 0.0795. The van der Waals surface area contributed by atoms with Crippen molar-refractivity contribution < 1.29 is 8.42 Å². The van der Waals surface area contributed by atoms with Gasteiger partial charge in [-0.1, -0.05) is 42.1 Å². The maximum Gasteiger partial charge on any atom is 0.258 e. The van der Waals surface area contributed by atoms with Crippen molar-refractivity contribution in [3.8, 4) is 0 Å². The Balaban J connectivity index is 1.44. The number of para-hydroxylation sites is 2. The number of aromatic nitrogens is 2. The molecule has 0 saturated carbocycles. The summed E-state index contributed by atoms with van der Waals surface area (Å²) in [7, 11) is -3.08. The average molecular weight is 427 g/mol. The van der Waals surface area contributed by atoms with Gasteiger partial charge in [-0.3, -0.25) is 9.79 Å². The van der Waals surface area contributed by atoms with E-state index >= 15 is 0 Å². The molecule has 0 amide bonds. The average Bonchev–Trinajstić information content (AvgIpc) is 3.18. The van der Waals surface area contributed by atoms with Crippen LogP contribution >= 0.6 is 11.8 Å². The van der Waals surface area contributed by atoms with Gasteiger partial charge in [0.2, 0.25) is 0 Å². The Morgan fingerprint density at radius 1 is 1.07 bits per heavy atom. The number of rotatable bonds is 3. The predicted octanol–water partition coefficient (Wildman–Crippen LogP) is 2.20. The number of amidine groups is 1. The first-order valence-electron chi connectivity index (χ1n) is 9.23. The molecule has 0 bridgehead atoms. The molecular formula is C20H18N4O3S2. The Bertz CT molecular complexity index is 1270. The van der Waals surface area contributed by atoms with Crippen LogP contribution in [0.15, 0.2) is 64.4 Å². The summed E-state index contributed by atoms with van der Waals surface area (Å²) in [5.74, 6) is 1.19. The van der Waals surface area contributed by atoms with Crippen molar-refractivity contribution in [2.45, 2.75) is 17.8 Å². The van der Waals surface area contributed by atoms with Gasteiger partial charge in [0.1, 0.15) is 5.82 Å². The lowest BCUT2D eigenvalue weighted by Crippen LogP contribution is -2.39. The standard InChI is InChI=1S/C20H18N4O3S2/c25-19-14-8-4-5-9-15(14)21-18(23-19)10-28-20-22-16-11-29(26,27)12-17(16)24(20)13-6-2-1-3-7-13/h1-9,16-17H,10-12H2,(H,21,23,25)/t16-,17-/m0/s1. The first-order chi connectivity index (χ1) is 14.0. The van der Waals surface area contributed by atoms with Gasteiger partial charge < -0.3 is 9.88 Å². The monoisotopic (exact) mass is 426 g/mol. The van der Waals surface area contributed by atoms with Crippen LogP contribution in [0.4, 0.5) is 5.69 Å². The first-order valence-corrected chi connectivity index (χ1v) is 12.0. The summed E-state index contributed by atoms with van der Waals surface area (Å²) in [4.78, 5) is 26.4. The van der Waals surface area contributed by atoms with Crippen LogP contribution < -0.4 is 10.5 Å². The topological polar surface area (TPSA) is 95.5 Å². The summed E-state index contributed by atoms with van der Waals surface area (Å²) in [6, 6.07) is 16.5. The maximum atomic E-state index is 12.3. The fourth-order valence-corrected chi connectivity index (χ4v) is 6.70. The van der Waals surface area contributed by atoms with E-state index in [0.717, 1.165) is 10.9 Å². The number of benzene rings is 2. The number of fused-ring (bicyclic) bond motifs is 2. The number of aliphatic imine (C=N–C) groups is 1. The highest BCUT2D eigenvalue weighted by Gasteiger charge is 2.47. The van der Waals surface area contributed by atoms with Crippen molar-refractivity contribution in [3.63, 3.8) is 0 Å².